The highest BCUT2D eigenvalue weighted by Gasteiger charge is 2.50. The number of nitrogens with two attached hydrogens (primary N) is 1. The van der Waals surface area contributed by atoms with E-state index >= 15 is 0 Å². The molecule has 0 bridgehead atoms. The van der Waals surface area contributed by atoms with Crippen LogP contribution >= 0.6 is 0 Å². The van der Waals surface area contributed by atoms with Crippen LogP contribution in [0.2, 0.25) is 0 Å². The van der Waals surface area contributed by atoms with Crippen molar-refractivity contribution in [2.24, 2.45) is 5.73 Å². The Morgan fingerprint density at radius 1 is 0.658 bits per heavy atom. The van der Waals surface area contributed by atoms with Gasteiger partial charge >= 0.3 is 0 Å². The van der Waals surface area contributed by atoms with Gasteiger partial charge in [0.2, 0.25) is 0 Å². The largest absolute Gasteiger partial charge is 0.394 e. The summed E-state index contributed by atoms with van der Waals surface area (Å²) in [5.41, 5.74) is 5.41. The molecule has 3 saturated heterocycles. The Balaban J connectivity index is 1.62. The van der Waals surface area contributed by atoms with Crippen molar-refractivity contribution in [2.75, 3.05) is 33.0 Å². The Hall–Kier alpha value is -0.640. The van der Waals surface area contributed by atoms with Crippen molar-refractivity contribution in [2.45, 2.75) is 105 Å². The Kier molecular flexibility index (Phi) is 12.0. The van der Waals surface area contributed by atoms with Crippen molar-refractivity contribution >= 4 is 0 Å². The summed E-state index contributed by atoms with van der Waals surface area (Å²) in [6, 6.07) is 0. The summed E-state index contributed by atoms with van der Waals surface area (Å²) in [5.74, 6) is 0. The van der Waals surface area contributed by atoms with Crippen LogP contribution in [-0.4, -0.2) is 171 Å². The Labute approximate surface area is 219 Å². The van der Waals surface area contributed by atoms with Crippen LogP contribution in [0.4, 0.5) is 0 Å². The molecule has 3 aliphatic rings. The Bertz CT molecular complexity index is 706. The number of aliphatic hydroxyl groups excluding tert-OH is 9. The molecule has 16 heteroatoms. The van der Waals surface area contributed by atoms with Gasteiger partial charge in [0, 0.05) is 6.61 Å². The lowest BCUT2D eigenvalue weighted by molar-refractivity contribution is -0.346. The van der Waals surface area contributed by atoms with Crippen LogP contribution in [0.25, 0.3) is 0 Å². The fraction of sp³-hybridized carbons (Fsp3) is 1.00. The van der Waals surface area contributed by atoms with Crippen LogP contribution in [0.5, 0.6) is 0 Å². The molecule has 15 unspecified atom stereocenters. The average Bonchev–Trinajstić information content (AvgIpc) is 2.90. The van der Waals surface area contributed by atoms with E-state index in [-0.39, 0.29) is 6.61 Å². The van der Waals surface area contributed by atoms with Crippen molar-refractivity contribution in [3.05, 3.63) is 0 Å². The number of hydrogen-bond acceptors (Lipinski definition) is 16. The van der Waals surface area contributed by atoms with Gasteiger partial charge in [-0.1, -0.05) is 0 Å². The molecule has 16 nitrogen and oxygen atoms in total. The van der Waals surface area contributed by atoms with Crippen molar-refractivity contribution in [1.82, 2.24) is 0 Å². The summed E-state index contributed by atoms with van der Waals surface area (Å²) in [5, 5.41) is 91.8. The molecule has 3 aliphatic heterocycles. The van der Waals surface area contributed by atoms with Crippen molar-refractivity contribution in [1.29, 1.82) is 0 Å². The minimum atomic E-state index is -1.76. The normalized spacial score (nSPS) is 48.2. The zero-order valence-corrected chi connectivity index (χ0v) is 21.0. The van der Waals surface area contributed by atoms with E-state index in [4.69, 9.17) is 34.2 Å². The summed E-state index contributed by atoms with van der Waals surface area (Å²) in [6.07, 6.45) is -21.1. The fourth-order valence-corrected chi connectivity index (χ4v) is 4.52. The quantitative estimate of drug-likeness (QED) is 0.106. The lowest BCUT2D eigenvalue weighted by Gasteiger charge is -2.46. The molecule has 0 saturated carbocycles. The topological polar surface area (TPSA) is 263 Å². The van der Waals surface area contributed by atoms with Crippen LogP contribution in [0.1, 0.15) is 13.3 Å². The summed E-state index contributed by atoms with van der Waals surface area (Å²) < 4.78 is 33.0. The first kappa shape index (κ1) is 31.9. The van der Waals surface area contributed by atoms with Crippen molar-refractivity contribution in [3.8, 4) is 0 Å². The predicted molar refractivity (Wildman–Crippen MR) is 122 cm³/mol. The molecule has 3 rings (SSSR count). The molecule has 0 amide bonds. The van der Waals surface area contributed by atoms with E-state index in [1.165, 1.54) is 6.92 Å². The third-order valence-corrected chi connectivity index (χ3v) is 6.93. The van der Waals surface area contributed by atoms with Gasteiger partial charge in [-0.3, -0.25) is 0 Å². The fourth-order valence-electron chi connectivity index (χ4n) is 4.52. The summed E-state index contributed by atoms with van der Waals surface area (Å²) in [7, 11) is 0. The predicted octanol–water partition coefficient (Wildman–Crippen LogP) is -6.13. The number of aliphatic hydroxyl groups is 9. The second-order valence-electron chi connectivity index (χ2n) is 9.72. The van der Waals surface area contributed by atoms with E-state index in [2.05, 4.69) is 0 Å². The van der Waals surface area contributed by atoms with E-state index in [9.17, 15) is 46.0 Å². The molecule has 15 atom stereocenters. The van der Waals surface area contributed by atoms with Gasteiger partial charge in [0.25, 0.3) is 0 Å². The lowest BCUT2D eigenvalue weighted by atomic mass is 9.94. The maximum absolute atomic E-state index is 10.9. The van der Waals surface area contributed by atoms with Crippen LogP contribution < -0.4 is 5.73 Å². The SMILES string of the molecule is CC1OC(COC2OC(COCCCN)C(O)C(O)C2O)C(O)C(OC2OC(CO)C(O)C(O)C2O)C1O. The van der Waals surface area contributed by atoms with Gasteiger partial charge in [0.05, 0.1) is 25.9 Å². The Morgan fingerprint density at radius 2 is 1.24 bits per heavy atom. The molecule has 0 aliphatic carbocycles. The van der Waals surface area contributed by atoms with E-state index < -0.39 is 105 Å². The van der Waals surface area contributed by atoms with Crippen LogP contribution in [0.15, 0.2) is 0 Å². The van der Waals surface area contributed by atoms with E-state index in [1.54, 1.807) is 0 Å². The molecule has 38 heavy (non-hydrogen) atoms. The molecule has 0 radical (unpaired) electrons. The van der Waals surface area contributed by atoms with Gasteiger partial charge in [-0.15, -0.1) is 0 Å². The smallest absolute Gasteiger partial charge is 0.187 e. The second-order valence-corrected chi connectivity index (χ2v) is 9.72. The molecule has 0 aromatic heterocycles. The molecule has 0 aromatic carbocycles. The van der Waals surface area contributed by atoms with Gasteiger partial charge in [0.15, 0.2) is 12.6 Å². The number of ether oxygens (including phenoxy) is 6. The Morgan fingerprint density at radius 3 is 1.87 bits per heavy atom. The minimum absolute atomic E-state index is 0.106. The standard InChI is InChI=1S/C22H41NO15/c1-8-12(25)20(38-22-19(32)16(29)13(26)9(5-24)36-22)15(28)11(35-8)7-34-21-18(31)17(30)14(27)10(37-21)6-33-4-2-3-23/h8-22,24-32H,2-7,23H2,1H3. The number of rotatable bonds is 11. The molecule has 3 fully saturated rings. The highest BCUT2D eigenvalue weighted by atomic mass is 16.7. The third kappa shape index (κ3) is 7.16. The zero-order chi connectivity index (χ0) is 28.1. The van der Waals surface area contributed by atoms with Gasteiger partial charge in [0.1, 0.15) is 73.2 Å². The van der Waals surface area contributed by atoms with Gasteiger partial charge < -0.3 is 80.1 Å². The van der Waals surface area contributed by atoms with E-state index in [0.29, 0.717) is 19.6 Å². The number of hydrogen-bond donors (Lipinski definition) is 10. The summed E-state index contributed by atoms with van der Waals surface area (Å²) in [6.45, 7) is 0.960. The molecular formula is C22H41NO15. The first-order valence-corrected chi connectivity index (χ1v) is 12.6. The average molecular weight is 560 g/mol. The monoisotopic (exact) mass is 559 g/mol. The van der Waals surface area contributed by atoms with Crippen LogP contribution in [-0.2, 0) is 28.4 Å². The molecular weight excluding hydrogens is 518 g/mol. The van der Waals surface area contributed by atoms with Gasteiger partial charge in [-0.2, -0.15) is 0 Å². The zero-order valence-electron chi connectivity index (χ0n) is 21.0. The maximum atomic E-state index is 10.9. The van der Waals surface area contributed by atoms with Gasteiger partial charge in [-0.25, -0.2) is 0 Å². The molecule has 3 heterocycles. The first-order chi connectivity index (χ1) is 18.0. The van der Waals surface area contributed by atoms with Crippen LogP contribution in [0.3, 0.4) is 0 Å². The first-order valence-electron chi connectivity index (χ1n) is 12.6. The van der Waals surface area contributed by atoms with Crippen molar-refractivity contribution < 1.29 is 74.4 Å². The molecule has 11 N–H and O–H groups in total. The van der Waals surface area contributed by atoms with E-state index in [0.717, 1.165) is 0 Å². The van der Waals surface area contributed by atoms with E-state index in [1.807, 2.05) is 0 Å². The highest BCUT2D eigenvalue weighted by Crippen LogP contribution is 2.30. The highest BCUT2D eigenvalue weighted by molar-refractivity contribution is 4.95. The summed E-state index contributed by atoms with van der Waals surface area (Å²) in [4.78, 5) is 0. The van der Waals surface area contributed by atoms with Crippen molar-refractivity contribution in [3.63, 3.8) is 0 Å². The molecule has 0 aromatic rings. The maximum Gasteiger partial charge on any atom is 0.187 e. The molecule has 224 valence electrons. The minimum Gasteiger partial charge on any atom is -0.394 e. The third-order valence-electron chi connectivity index (χ3n) is 6.93. The lowest BCUT2D eigenvalue weighted by Crippen LogP contribution is -2.64. The van der Waals surface area contributed by atoms with Crippen LogP contribution in [0, 0.1) is 0 Å². The van der Waals surface area contributed by atoms with Gasteiger partial charge in [-0.05, 0) is 19.9 Å². The molecule has 0 spiro atoms. The second kappa shape index (κ2) is 14.3. The summed E-state index contributed by atoms with van der Waals surface area (Å²) >= 11 is 0.